The number of nitrogen functional groups attached to an aromatic ring is 1. The minimum absolute atomic E-state index is 0.138. The molecule has 234 valence electrons. The topological polar surface area (TPSA) is 133 Å². The average molecular weight is 603 g/mol. The number of hydrogen-bond acceptors (Lipinski definition) is 12. The number of carbonyl (C=O) groups excluding carboxylic acids is 1. The fraction of sp³-hybridized carbons (Fsp3) is 0.500. The number of phenolic OH excluding ortho intramolecular Hbond substituents is 1. The van der Waals surface area contributed by atoms with Crippen molar-refractivity contribution in [2.24, 2.45) is 0 Å². The molecule has 3 aromatic rings. The number of rotatable bonds is 11. The van der Waals surface area contributed by atoms with Crippen LogP contribution in [-0.2, 0) is 9.53 Å². The maximum atomic E-state index is 11.3. The summed E-state index contributed by atoms with van der Waals surface area (Å²) in [6, 6.07) is 13.9. The molecule has 44 heavy (non-hydrogen) atoms. The molecule has 2 unspecified atom stereocenters. The number of hydrogen-bond donors (Lipinski definition) is 2. The van der Waals surface area contributed by atoms with Crippen molar-refractivity contribution >= 4 is 23.2 Å². The van der Waals surface area contributed by atoms with E-state index in [4.69, 9.17) is 15.2 Å². The fourth-order valence-corrected chi connectivity index (χ4v) is 6.69. The van der Waals surface area contributed by atoms with Crippen LogP contribution in [0.3, 0.4) is 0 Å². The number of aromatic hydroxyl groups is 1. The number of ether oxygens (including phenoxy) is 2. The van der Waals surface area contributed by atoms with Crippen molar-refractivity contribution in [1.29, 1.82) is 0 Å². The van der Waals surface area contributed by atoms with E-state index in [0.717, 1.165) is 83.0 Å². The van der Waals surface area contributed by atoms with Crippen LogP contribution in [0.2, 0.25) is 0 Å². The summed E-state index contributed by atoms with van der Waals surface area (Å²) in [6.45, 7) is 8.01. The van der Waals surface area contributed by atoms with Crippen LogP contribution in [0.25, 0.3) is 11.3 Å². The number of anilines is 3. The highest BCUT2D eigenvalue weighted by molar-refractivity contribution is 5.74. The largest absolute Gasteiger partial charge is 0.507 e. The molecule has 2 atom stereocenters. The molecule has 12 nitrogen and oxygen atoms in total. The molecule has 3 aliphatic heterocycles. The molecular formula is C32H42N8O4. The Balaban J connectivity index is 1.02. The summed E-state index contributed by atoms with van der Waals surface area (Å²) >= 11 is 0. The predicted octanol–water partition coefficient (Wildman–Crippen LogP) is 2.63. The van der Waals surface area contributed by atoms with Crippen LogP contribution in [-0.4, -0.2) is 114 Å². The van der Waals surface area contributed by atoms with Crippen LogP contribution in [0.5, 0.6) is 11.6 Å². The lowest BCUT2D eigenvalue weighted by Gasteiger charge is -2.43. The molecule has 0 spiro atoms. The van der Waals surface area contributed by atoms with Gasteiger partial charge in [0, 0.05) is 87.8 Å². The first-order valence-electron chi connectivity index (χ1n) is 15.5. The lowest BCUT2D eigenvalue weighted by atomic mass is 10.1. The van der Waals surface area contributed by atoms with Crippen LogP contribution >= 0.6 is 0 Å². The summed E-state index contributed by atoms with van der Waals surface area (Å²) in [5.74, 6) is 1.09. The first-order valence-corrected chi connectivity index (χ1v) is 15.5. The molecule has 2 bridgehead atoms. The van der Waals surface area contributed by atoms with E-state index in [0.29, 0.717) is 48.1 Å². The van der Waals surface area contributed by atoms with Gasteiger partial charge >= 0.3 is 5.97 Å². The summed E-state index contributed by atoms with van der Waals surface area (Å²) < 4.78 is 10.9. The first-order chi connectivity index (χ1) is 21.5. The van der Waals surface area contributed by atoms with Crippen LogP contribution in [0.4, 0.5) is 17.2 Å². The van der Waals surface area contributed by atoms with E-state index in [-0.39, 0.29) is 11.7 Å². The molecule has 1 aromatic carbocycles. The highest BCUT2D eigenvalue weighted by Gasteiger charge is 2.41. The van der Waals surface area contributed by atoms with E-state index in [1.54, 1.807) is 12.1 Å². The lowest BCUT2D eigenvalue weighted by molar-refractivity contribution is -0.140. The number of phenols is 1. The fourth-order valence-electron chi connectivity index (χ4n) is 6.69. The molecule has 0 radical (unpaired) electrons. The van der Waals surface area contributed by atoms with Crippen molar-refractivity contribution in [2.75, 3.05) is 81.6 Å². The van der Waals surface area contributed by atoms with E-state index < -0.39 is 0 Å². The quantitative estimate of drug-likeness (QED) is 0.313. The number of aromatic nitrogens is 3. The van der Waals surface area contributed by atoms with Gasteiger partial charge in [-0.25, -0.2) is 4.98 Å². The van der Waals surface area contributed by atoms with E-state index in [1.165, 1.54) is 7.11 Å². The van der Waals surface area contributed by atoms with E-state index in [1.807, 2.05) is 24.4 Å². The third kappa shape index (κ3) is 6.81. The standard InChI is InChI=1S/C32H42N8O4/c1-43-31(42)7-4-12-37-13-15-38(16-14-37)17-18-44-30-19-23(10-11-34-30)40-24-8-9-25(40)22-39(21-24)28-20-27(35-36-32(28)33)26-5-2-3-6-29(26)41/h2-3,5-6,10-11,19-20,24-25,41H,4,7-9,12-18,21-22H2,1H3,(H2,33,36). The molecule has 0 amide bonds. The van der Waals surface area contributed by atoms with E-state index in [9.17, 15) is 9.90 Å². The first kappa shape index (κ1) is 29.9. The maximum absolute atomic E-state index is 11.3. The van der Waals surface area contributed by atoms with Gasteiger partial charge in [-0.15, -0.1) is 10.2 Å². The summed E-state index contributed by atoms with van der Waals surface area (Å²) in [7, 11) is 1.44. The minimum atomic E-state index is -0.138. The zero-order valence-corrected chi connectivity index (χ0v) is 25.3. The summed E-state index contributed by atoms with van der Waals surface area (Å²) in [5, 5.41) is 18.8. The molecule has 5 heterocycles. The van der Waals surface area contributed by atoms with Crippen LogP contribution in [0, 0.1) is 0 Å². The summed E-state index contributed by atoms with van der Waals surface area (Å²) in [6.07, 6.45) is 5.35. The van der Waals surface area contributed by atoms with Gasteiger partial charge < -0.3 is 35.0 Å². The van der Waals surface area contributed by atoms with Gasteiger partial charge in [0.2, 0.25) is 5.88 Å². The number of nitrogens with zero attached hydrogens (tertiary/aromatic N) is 7. The van der Waals surface area contributed by atoms with Crippen LogP contribution in [0.15, 0.2) is 48.7 Å². The number of piperazine rings is 2. The lowest BCUT2D eigenvalue weighted by Crippen LogP contribution is -2.54. The zero-order chi connectivity index (χ0) is 30.5. The van der Waals surface area contributed by atoms with Crippen LogP contribution < -0.4 is 20.3 Å². The number of nitrogens with two attached hydrogens (primary N) is 1. The van der Waals surface area contributed by atoms with Gasteiger partial charge in [0.15, 0.2) is 5.82 Å². The van der Waals surface area contributed by atoms with E-state index >= 15 is 0 Å². The second-order valence-electron chi connectivity index (χ2n) is 11.8. The number of methoxy groups -OCH3 is 1. The van der Waals surface area contributed by atoms with Crippen LogP contribution in [0.1, 0.15) is 25.7 Å². The van der Waals surface area contributed by atoms with Crippen molar-refractivity contribution in [1.82, 2.24) is 25.0 Å². The Labute approximate surface area is 258 Å². The van der Waals surface area contributed by atoms with Gasteiger partial charge in [0.05, 0.1) is 18.5 Å². The number of fused-ring (bicyclic) bond motifs is 2. The third-order valence-electron chi connectivity index (χ3n) is 9.03. The van der Waals surface area contributed by atoms with Crippen molar-refractivity contribution in [3.8, 4) is 22.9 Å². The molecule has 0 aliphatic carbocycles. The van der Waals surface area contributed by atoms with Gasteiger partial charge in [-0.1, -0.05) is 12.1 Å². The van der Waals surface area contributed by atoms with E-state index in [2.05, 4.69) is 46.9 Å². The van der Waals surface area contributed by atoms with Gasteiger partial charge in [0.25, 0.3) is 0 Å². The Kier molecular flexibility index (Phi) is 9.27. The van der Waals surface area contributed by atoms with Gasteiger partial charge in [-0.05, 0) is 50.1 Å². The maximum Gasteiger partial charge on any atom is 0.305 e. The highest BCUT2D eigenvalue weighted by atomic mass is 16.5. The second kappa shape index (κ2) is 13.6. The average Bonchev–Trinajstić information content (AvgIpc) is 3.31. The molecule has 3 fully saturated rings. The molecule has 2 aromatic heterocycles. The third-order valence-corrected chi connectivity index (χ3v) is 9.03. The second-order valence-corrected chi connectivity index (χ2v) is 11.8. The smallest absolute Gasteiger partial charge is 0.305 e. The molecule has 0 saturated carbocycles. The Morgan fingerprint density at radius 2 is 1.73 bits per heavy atom. The van der Waals surface area contributed by atoms with Gasteiger partial charge in [0.1, 0.15) is 12.4 Å². The Morgan fingerprint density at radius 1 is 1.00 bits per heavy atom. The molecular weight excluding hydrogens is 560 g/mol. The SMILES string of the molecule is COC(=O)CCCN1CCN(CCOc2cc(N3C4CCC3CN(c3cc(-c5ccccc5O)nnc3N)C4)ccn2)CC1. The Hall–Kier alpha value is -4.16. The number of carbonyl (C=O) groups is 1. The zero-order valence-electron chi connectivity index (χ0n) is 25.3. The van der Waals surface area contributed by atoms with Gasteiger partial charge in [-0.3, -0.25) is 9.69 Å². The van der Waals surface area contributed by atoms with Crippen molar-refractivity contribution < 1.29 is 19.4 Å². The summed E-state index contributed by atoms with van der Waals surface area (Å²) in [4.78, 5) is 25.5. The Morgan fingerprint density at radius 3 is 2.45 bits per heavy atom. The number of pyridine rings is 1. The highest BCUT2D eigenvalue weighted by Crippen LogP contribution is 2.39. The molecule has 3 aliphatic rings. The van der Waals surface area contributed by atoms with Crippen molar-refractivity contribution in [3.05, 3.63) is 48.7 Å². The normalized spacial score (nSPS) is 20.6. The number of benzene rings is 1. The summed E-state index contributed by atoms with van der Waals surface area (Å²) in [5.41, 5.74) is 9.56. The molecule has 6 rings (SSSR count). The molecule has 12 heteroatoms. The molecule has 3 N–H and O–H groups in total. The number of para-hydroxylation sites is 1. The molecule has 3 saturated heterocycles. The predicted molar refractivity (Wildman–Crippen MR) is 169 cm³/mol. The minimum Gasteiger partial charge on any atom is -0.507 e. The van der Waals surface area contributed by atoms with Crippen molar-refractivity contribution in [2.45, 2.75) is 37.8 Å². The number of esters is 1. The monoisotopic (exact) mass is 602 g/mol. The Bertz CT molecular complexity index is 1420. The van der Waals surface area contributed by atoms with Crippen molar-refractivity contribution in [3.63, 3.8) is 0 Å². The van der Waals surface area contributed by atoms with Gasteiger partial charge in [-0.2, -0.15) is 0 Å².